The van der Waals surface area contributed by atoms with Gasteiger partial charge in [0.2, 0.25) is 0 Å². The number of carbonyl (C=O) groups is 2. The van der Waals surface area contributed by atoms with Crippen LogP contribution >= 0.6 is 11.3 Å². The summed E-state index contributed by atoms with van der Waals surface area (Å²) in [7, 11) is 1.32. The van der Waals surface area contributed by atoms with E-state index in [1.807, 2.05) is 26.0 Å². The molecule has 4 aromatic rings. The smallest absolute Gasteiger partial charge is 0.328 e. The molecule has 190 valence electrons. The van der Waals surface area contributed by atoms with Gasteiger partial charge in [0.05, 0.1) is 12.0 Å². The molecule has 1 atom stereocenters. The number of benzene rings is 3. The monoisotopic (exact) mass is 513 g/mol. The lowest BCUT2D eigenvalue weighted by Gasteiger charge is -2.25. The van der Waals surface area contributed by atoms with Crippen molar-refractivity contribution in [2.45, 2.75) is 33.0 Å². The predicted octanol–water partition coefficient (Wildman–Crippen LogP) is 5.94. The first-order chi connectivity index (χ1) is 17.9. The highest BCUT2D eigenvalue weighted by Gasteiger charge is 2.26. The van der Waals surface area contributed by atoms with Gasteiger partial charge in [-0.3, -0.25) is 4.79 Å². The second kappa shape index (κ2) is 12.3. The van der Waals surface area contributed by atoms with Gasteiger partial charge in [0.25, 0.3) is 5.91 Å². The van der Waals surface area contributed by atoms with Crippen LogP contribution in [0.3, 0.4) is 0 Å². The number of esters is 1. The molecule has 1 heterocycles. The molecule has 0 aliphatic rings. The molecule has 4 rings (SSSR count). The van der Waals surface area contributed by atoms with Crippen LogP contribution in [0, 0.1) is 5.92 Å². The molecule has 1 amide bonds. The summed E-state index contributed by atoms with van der Waals surface area (Å²) in [6.45, 7) is 5.29. The Bertz CT molecular complexity index is 1260. The van der Waals surface area contributed by atoms with Gasteiger partial charge in [-0.15, -0.1) is 11.3 Å². The van der Waals surface area contributed by atoms with Crippen LogP contribution in [0.5, 0.6) is 0 Å². The fourth-order valence-corrected chi connectivity index (χ4v) is 4.85. The average Bonchev–Trinajstić information content (AvgIpc) is 3.42. The van der Waals surface area contributed by atoms with Crippen molar-refractivity contribution in [2.24, 2.45) is 5.92 Å². The van der Waals surface area contributed by atoms with Crippen molar-refractivity contribution in [3.63, 3.8) is 0 Å². The van der Waals surface area contributed by atoms with Crippen LogP contribution in [0.4, 0.5) is 5.69 Å². The second-order valence-electron chi connectivity index (χ2n) is 9.12. The van der Waals surface area contributed by atoms with Crippen LogP contribution < -0.4 is 10.2 Å². The number of nitrogens with one attached hydrogen (secondary N) is 1. The summed E-state index contributed by atoms with van der Waals surface area (Å²) in [4.78, 5) is 32.3. The number of thiazole rings is 1. The topological polar surface area (TPSA) is 71.5 Å². The zero-order valence-electron chi connectivity index (χ0n) is 21.3. The lowest BCUT2D eigenvalue weighted by molar-refractivity contribution is -0.144. The third-order valence-corrected chi connectivity index (χ3v) is 7.10. The minimum Gasteiger partial charge on any atom is -0.467 e. The molecule has 0 bridgehead atoms. The number of hydrogen-bond donors (Lipinski definition) is 1. The molecule has 6 nitrogen and oxygen atoms in total. The van der Waals surface area contributed by atoms with Crippen molar-refractivity contribution in [3.05, 3.63) is 107 Å². The molecular formula is C30H31N3O3S. The summed E-state index contributed by atoms with van der Waals surface area (Å²) in [5, 5.41) is 3.06. The second-order valence-corrected chi connectivity index (χ2v) is 10.2. The first-order valence-corrected chi connectivity index (χ1v) is 13.0. The first kappa shape index (κ1) is 26.1. The highest BCUT2D eigenvalue weighted by atomic mass is 32.1. The highest BCUT2D eigenvalue weighted by Crippen LogP contribution is 2.29. The van der Waals surface area contributed by atoms with E-state index in [4.69, 9.17) is 4.74 Å². The molecular weight excluding hydrogens is 482 g/mol. The number of nitrogens with zero attached hydrogens (tertiary/aromatic N) is 2. The Kier molecular flexibility index (Phi) is 8.69. The molecule has 0 saturated carbocycles. The van der Waals surface area contributed by atoms with E-state index in [-0.39, 0.29) is 11.8 Å². The van der Waals surface area contributed by atoms with Crippen molar-refractivity contribution in [1.29, 1.82) is 0 Å². The van der Waals surface area contributed by atoms with Gasteiger partial charge in [-0.25, -0.2) is 9.78 Å². The molecule has 1 aromatic heterocycles. The normalized spacial score (nSPS) is 11.7. The lowest BCUT2D eigenvalue weighted by Crippen LogP contribution is -2.44. The quantitative estimate of drug-likeness (QED) is 0.266. The zero-order valence-corrected chi connectivity index (χ0v) is 22.1. The Morgan fingerprint density at radius 3 is 1.97 bits per heavy atom. The van der Waals surface area contributed by atoms with E-state index in [1.165, 1.54) is 29.6 Å². The Morgan fingerprint density at radius 1 is 0.892 bits per heavy atom. The van der Waals surface area contributed by atoms with Crippen molar-refractivity contribution >= 4 is 28.9 Å². The van der Waals surface area contributed by atoms with Crippen LogP contribution in [-0.2, 0) is 22.6 Å². The van der Waals surface area contributed by atoms with Gasteiger partial charge in [-0.05, 0) is 34.7 Å². The fraction of sp³-hybridized carbons (Fsp3) is 0.233. The maximum atomic E-state index is 12.7. The number of aromatic nitrogens is 1. The summed E-state index contributed by atoms with van der Waals surface area (Å²) in [5.41, 5.74) is 4.57. The molecule has 7 heteroatoms. The number of ether oxygens (including phenoxy) is 1. The molecule has 0 aliphatic heterocycles. The molecule has 1 unspecified atom stereocenters. The van der Waals surface area contributed by atoms with Crippen molar-refractivity contribution in [3.8, 4) is 10.4 Å². The minimum atomic E-state index is -0.718. The minimum absolute atomic E-state index is 0.0990. The third kappa shape index (κ3) is 6.83. The van der Waals surface area contributed by atoms with Gasteiger partial charge in [0.15, 0.2) is 5.01 Å². The van der Waals surface area contributed by atoms with E-state index < -0.39 is 12.0 Å². The Morgan fingerprint density at radius 2 is 1.46 bits per heavy atom. The Labute approximate surface area is 221 Å². The van der Waals surface area contributed by atoms with E-state index in [2.05, 4.69) is 88.0 Å². The standard InChI is InChI=1S/C30H31N3O3S/c1-21(2)27(30(35)36-3)32-28(34)29-31-18-26(37-29)24-14-16-25(17-15-24)33(19-22-10-6-4-7-11-22)20-23-12-8-5-9-13-23/h4-18,21,27H,19-20H2,1-3H3,(H,32,34). The Hall–Kier alpha value is -3.97. The largest absolute Gasteiger partial charge is 0.467 e. The first-order valence-electron chi connectivity index (χ1n) is 12.2. The predicted molar refractivity (Wildman–Crippen MR) is 148 cm³/mol. The van der Waals surface area contributed by atoms with Crippen LogP contribution in [0.15, 0.2) is 91.1 Å². The molecule has 0 spiro atoms. The maximum absolute atomic E-state index is 12.7. The summed E-state index contributed by atoms with van der Waals surface area (Å²) in [6, 6.07) is 28.5. The van der Waals surface area contributed by atoms with E-state index in [9.17, 15) is 9.59 Å². The zero-order chi connectivity index (χ0) is 26.2. The number of hydrogen-bond acceptors (Lipinski definition) is 6. The van der Waals surface area contributed by atoms with Gasteiger partial charge in [0, 0.05) is 25.0 Å². The van der Waals surface area contributed by atoms with Gasteiger partial charge >= 0.3 is 5.97 Å². The fourth-order valence-electron chi connectivity index (χ4n) is 4.02. The summed E-state index contributed by atoms with van der Waals surface area (Å²) < 4.78 is 4.82. The summed E-state index contributed by atoms with van der Waals surface area (Å²) in [6.07, 6.45) is 1.70. The molecule has 3 aromatic carbocycles. The van der Waals surface area contributed by atoms with Crippen molar-refractivity contribution < 1.29 is 14.3 Å². The van der Waals surface area contributed by atoms with E-state index in [0.29, 0.717) is 5.01 Å². The molecule has 0 fully saturated rings. The number of methoxy groups -OCH3 is 1. The number of rotatable bonds is 10. The van der Waals surface area contributed by atoms with Gasteiger partial charge in [-0.2, -0.15) is 0 Å². The molecule has 1 N–H and O–H groups in total. The van der Waals surface area contributed by atoms with Crippen LogP contribution in [-0.4, -0.2) is 30.0 Å². The number of carbonyl (C=O) groups excluding carboxylic acids is 2. The van der Waals surface area contributed by atoms with Crippen LogP contribution in [0.2, 0.25) is 0 Å². The third-order valence-electron chi connectivity index (χ3n) is 6.06. The molecule has 0 radical (unpaired) electrons. The molecule has 0 aliphatic carbocycles. The number of amides is 1. The van der Waals surface area contributed by atoms with E-state index in [1.54, 1.807) is 6.20 Å². The van der Waals surface area contributed by atoms with Crippen molar-refractivity contribution in [1.82, 2.24) is 10.3 Å². The summed E-state index contributed by atoms with van der Waals surface area (Å²) in [5.74, 6) is -0.946. The average molecular weight is 514 g/mol. The van der Waals surface area contributed by atoms with Gasteiger partial charge < -0.3 is 15.0 Å². The van der Waals surface area contributed by atoms with E-state index >= 15 is 0 Å². The SMILES string of the molecule is COC(=O)C(NC(=O)c1ncc(-c2ccc(N(Cc3ccccc3)Cc3ccccc3)cc2)s1)C(C)C. The lowest BCUT2D eigenvalue weighted by atomic mass is 10.0. The van der Waals surface area contributed by atoms with Crippen LogP contribution in [0.1, 0.15) is 34.8 Å². The van der Waals surface area contributed by atoms with Gasteiger partial charge in [0.1, 0.15) is 6.04 Å². The van der Waals surface area contributed by atoms with Crippen LogP contribution in [0.25, 0.3) is 10.4 Å². The Balaban J connectivity index is 1.51. The maximum Gasteiger partial charge on any atom is 0.328 e. The van der Waals surface area contributed by atoms with Gasteiger partial charge in [-0.1, -0.05) is 86.6 Å². The van der Waals surface area contributed by atoms with Crippen molar-refractivity contribution in [2.75, 3.05) is 12.0 Å². The number of anilines is 1. The summed E-state index contributed by atoms with van der Waals surface area (Å²) >= 11 is 1.30. The highest BCUT2D eigenvalue weighted by molar-refractivity contribution is 7.17. The molecule has 0 saturated heterocycles. The molecule has 37 heavy (non-hydrogen) atoms. The van der Waals surface area contributed by atoms with E-state index in [0.717, 1.165) is 29.2 Å².